The largest absolute Gasteiger partial charge is 0.384 e. The lowest BCUT2D eigenvalue weighted by molar-refractivity contribution is -0.122. The number of pyridine rings is 1. The molecule has 1 saturated carbocycles. The monoisotopic (exact) mass is 290 g/mol. The van der Waals surface area contributed by atoms with Crippen molar-refractivity contribution in [3.8, 4) is 0 Å². The quantitative estimate of drug-likeness (QED) is 0.649. The van der Waals surface area contributed by atoms with Crippen LogP contribution in [-0.2, 0) is 11.2 Å². The van der Waals surface area contributed by atoms with Gasteiger partial charge in [0.15, 0.2) is 0 Å². The van der Waals surface area contributed by atoms with E-state index in [2.05, 4.69) is 15.6 Å². The fourth-order valence-electron chi connectivity index (χ4n) is 2.08. The summed E-state index contributed by atoms with van der Waals surface area (Å²) in [5, 5.41) is 5.58. The topological polar surface area (TPSA) is 97.1 Å². The third-order valence-electron chi connectivity index (χ3n) is 3.32. The molecule has 0 spiro atoms. The molecule has 0 atom stereocenters. The lowest BCUT2D eigenvalue weighted by Crippen LogP contribution is -2.35. The van der Waals surface area contributed by atoms with Crippen molar-refractivity contribution in [1.82, 2.24) is 15.6 Å². The lowest BCUT2D eigenvalue weighted by atomic mass is 10.1. The molecule has 0 saturated heterocycles. The van der Waals surface area contributed by atoms with Gasteiger partial charge < -0.3 is 16.4 Å². The zero-order chi connectivity index (χ0) is 15.2. The number of carbonyl (C=O) groups excluding carboxylic acids is 2. The molecule has 1 aromatic rings. The van der Waals surface area contributed by atoms with Crippen LogP contribution >= 0.6 is 0 Å². The van der Waals surface area contributed by atoms with Crippen molar-refractivity contribution in [2.45, 2.75) is 32.6 Å². The molecule has 21 heavy (non-hydrogen) atoms. The Balaban J connectivity index is 1.80. The van der Waals surface area contributed by atoms with Gasteiger partial charge in [-0.2, -0.15) is 0 Å². The van der Waals surface area contributed by atoms with E-state index in [0.717, 1.165) is 31.4 Å². The molecule has 0 aliphatic heterocycles. The summed E-state index contributed by atoms with van der Waals surface area (Å²) in [5.41, 5.74) is 7.05. The van der Waals surface area contributed by atoms with E-state index in [1.165, 1.54) is 0 Å². The minimum absolute atomic E-state index is 0.0858. The molecule has 1 aliphatic rings. The Morgan fingerprint density at radius 2 is 2.00 bits per heavy atom. The summed E-state index contributed by atoms with van der Waals surface area (Å²) in [5.74, 6) is 0.440. The van der Waals surface area contributed by atoms with Crippen molar-refractivity contribution in [3.63, 3.8) is 0 Å². The number of nitrogens with one attached hydrogen (secondary N) is 2. The van der Waals surface area contributed by atoms with E-state index in [-0.39, 0.29) is 17.7 Å². The Morgan fingerprint density at radius 3 is 2.67 bits per heavy atom. The first-order valence-electron chi connectivity index (χ1n) is 7.42. The van der Waals surface area contributed by atoms with Gasteiger partial charge in [-0.25, -0.2) is 4.98 Å². The van der Waals surface area contributed by atoms with E-state index in [0.29, 0.717) is 24.5 Å². The maximum atomic E-state index is 12.0. The summed E-state index contributed by atoms with van der Waals surface area (Å²) < 4.78 is 0. The minimum Gasteiger partial charge on any atom is -0.384 e. The zero-order valence-corrected chi connectivity index (χ0v) is 12.3. The number of nitrogens with zero attached hydrogens (tertiary/aromatic N) is 1. The van der Waals surface area contributed by atoms with Gasteiger partial charge in [-0.05, 0) is 31.4 Å². The van der Waals surface area contributed by atoms with E-state index in [1.807, 2.05) is 6.92 Å². The van der Waals surface area contributed by atoms with Crippen LogP contribution in [0.15, 0.2) is 12.1 Å². The zero-order valence-electron chi connectivity index (χ0n) is 12.3. The van der Waals surface area contributed by atoms with Crippen LogP contribution < -0.4 is 16.4 Å². The normalized spacial score (nSPS) is 13.8. The first-order valence-corrected chi connectivity index (χ1v) is 7.42. The van der Waals surface area contributed by atoms with Gasteiger partial charge in [0.05, 0.1) is 0 Å². The molecule has 6 nitrogen and oxygen atoms in total. The van der Waals surface area contributed by atoms with Gasteiger partial charge in [-0.15, -0.1) is 0 Å². The van der Waals surface area contributed by atoms with Crippen LogP contribution in [0.2, 0.25) is 0 Å². The minimum atomic E-state index is -0.192. The number of nitrogen functional groups attached to an aromatic ring is 1. The molecule has 4 N–H and O–H groups in total. The van der Waals surface area contributed by atoms with Crippen LogP contribution in [0, 0.1) is 5.92 Å². The number of amides is 2. The van der Waals surface area contributed by atoms with Gasteiger partial charge in [0.2, 0.25) is 5.91 Å². The highest BCUT2D eigenvalue weighted by atomic mass is 16.2. The van der Waals surface area contributed by atoms with Gasteiger partial charge in [0.25, 0.3) is 5.91 Å². The van der Waals surface area contributed by atoms with E-state index >= 15 is 0 Å². The summed E-state index contributed by atoms with van der Waals surface area (Å²) in [6.07, 6.45) is 3.71. The fraction of sp³-hybridized carbons (Fsp3) is 0.533. The molecular formula is C15H22N4O2. The first kappa shape index (κ1) is 15.3. The first-order chi connectivity index (χ1) is 10.1. The van der Waals surface area contributed by atoms with Crippen LogP contribution in [0.5, 0.6) is 0 Å². The van der Waals surface area contributed by atoms with Gasteiger partial charge in [0, 0.05) is 30.3 Å². The van der Waals surface area contributed by atoms with Crippen LogP contribution in [0.1, 0.15) is 42.2 Å². The Morgan fingerprint density at radius 1 is 1.29 bits per heavy atom. The number of carbonyl (C=O) groups is 2. The SMILES string of the molecule is CCCc1cc(C(=O)NCCNC(=O)C2CC2)cc(N)n1. The molecule has 6 heteroatoms. The van der Waals surface area contributed by atoms with E-state index < -0.39 is 0 Å². The average Bonchev–Trinajstić information content (AvgIpc) is 3.27. The second-order valence-corrected chi connectivity index (χ2v) is 5.34. The molecule has 0 unspecified atom stereocenters. The summed E-state index contributed by atoms with van der Waals surface area (Å²) in [7, 11) is 0. The summed E-state index contributed by atoms with van der Waals surface area (Å²) in [6, 6.07) is 3.33. The second-order valence-electron chi connectivity index (χ2n) is 5.34. The Kier molecular flexibility index (Phi) is 5.14. The molecule has 1 aliphatic carbocycles. The predicted molar refractivity (Wildman–Crippen MR) is 80.7 cm³/mol. The maximum absolute atomic E-state index is 12.0. The van der Waals surface area contributed by atoms with Crippen LogP contribution in [0.25, 0.3) is 0 Å². The Hall–Kier alpha value is -2.11. The molecule has 114 valence electrons. The third kappa shape index (κ3) is 4.73. The summed E-state index contributed by atoms with van der Waals surface area (Å²) in [6.45, 7) is 2.90. The summed E-state index contributed by atoms with van der Waals surface area (Å²) >= 11 is 0. The number of hydrogen-bond donors (Lipinski definition) is 3. The molecule has 1 aromatic heterocycles. The summed E-state index contributed by atoms with van der Waals surface area (Å²) in [4.78, 5) is 27.7. The number of hydrogen-bond acceptors (Lipinski definition) is 4. The fourth-order valence-corrected chi connectivity index (χ4v) is 2.08. The number of rotatable bonds is 7. The smallest absolute Gasteiger partial charge is 0.251 e. The van der Waals surface area contributed by atoms with Crippen molar-refractivity contribution in [3.05, 3.63) is 23.4 Å². The highest BCUT2D eigenvalue weighted by molar-refractivity contribution is 5.95. The number of nitrogens with two attached hydrogens (primary N) is 1. The van der Waals surface area contributed by atoms with Crippen molar-refractivity contribution in [2.24, 2.45) is 5.92 Å². The lowest BCUT2D eigenvalue weighted by Gasteiger charge is -2.08. The predicted octanol–water partition coefficient (Wildman–Crippen LogP) is 0.872. The molecular weight excluding hydrogens is 268 g/mol. The number of aryl methyl sites for hydroxylation is 1. The molecule has 1 fully saturated rings. The van der Waals surface area contributed by atoms with Crippen LogP contribution in [0.4, 0.5) is 5.82 Å². The number of aromatic nitrogens is 1. The molecule has 0 aromatic carbocycles. The van der Waals surface area contributed by atoms with Crippen LogP contribution in [-0.4, -0.2) is 29.9 Å². The molecule has 2 amide bonds. The molecule has 0 bridgehead atoms. The Bertz CT molecular complexity index is 526. The average molecular weight is 290 g/mol. The highest BCUT2D eigenvalue weighted by Crippen LogP contribution is 2.28. The van der Waals surface area contributed by atoms with Gasteiger partial charge >= 0.3 is 0 Å². The molecule has 2 rings (SSSR count). The van der Waals surface area contributed by atoms with E-state index in [1.54, 1.807) is 12.1 Å². The van der Waals surface area contributed by atoms with Gasteiger partial charge in [-0.1, -0.05) is 13.3 Å². The van der Waals surface area contributed by atoms with Crippen LogP contribution in [0.3, 0.4) is 0 Å². The number of anilines is 1. The van der Waals surface area contributed by atoms with Crippen molar-refractivity contribution in [1.29, 1.82) is 0 Å². The maximum Gasteiger partial charge on any atom is 0.251 e. The van der Waals surface area contributed by atoms with Gasteiger partial charge in [-0.3, -0.25) is 9.59 Å². The molecule has 1 heterocycles. The standard InChI is InChI=1S/C15H22N4O2/c1-2-3-12-8-11(9-13(16)19-12)15(21)18-7-6-17-14(20)10-4-5-10/h8-10H,2-7H2,1H3,(H2,16,19)(H,17,20)(H,18,21). The second kappa shape index (κ2) is 7.06. The Labute approximate surface area is 124 Å². The van der Waals surface area contributed by atoms with Crippen molar-refractivity contribution >= 4 is 17.6 Å². The molecule has 0 radical (unpaired) electrons. The van der Waals surface area contributed by atoms with E-state index in [4.69, 9.17) is 5.73 Å². The van der Waals surface area contributed by atoms with Crippen molar-refractivity contribution < 1.29 is 9.59 Å². The third-order valence-corrected chi connectivity index (χ3v) is 3.32. The highest BCUT2D eigenvalue weighted by Gasteiger charge is 2.28. The van der Waals surface area contributed by atoms with Gasteiger partial charge in [0.1, 0.15) is 5.82 Å². The van der Waals surface area contributed by atoms with Crippen molar-refractivity contribution in [2.75, 3.05) is 18.8 Å². The van der Waals surface area contributed by atoms with E-state index in [9.17, 15) is 9.59 Å².